The van der Waals surface area contributed by atoms with Gasteiger partial charge in [-0.3, -0.25) is 4.57 Å². The largest absolute Gasteiger partial charge is 0.535 e. The molecule has 0 bridgehead atoms. The molecule has 6 nitrogen and oxygen atoms in total. The normalized spacial score (nSPS) is 13.8. The molecule has 2 aliphatic heterocycles. The third kappa shape index (κ3) is 4.68. The van der Waals surface area contributed by atoms with Crippen molar-refractivity contribution in [3.8, 4) is 28.6 Å². The second-order valence-corrected chi connectivity index (χ2v) is 12.1. The smallest absolute Gasteiger partial charge is 0.523 e. The number of hydrogen-bond acceptors (Lipinski definition) is 4. The second-order valence-electron chi connectivity index (χ2n) is 12.1. The third-order valence-electron chi connectivity index (χ3n) is 8.93. The van der Waals surface area contributed by atoms with Crippen molar-refractivity contribution in [1.29, 1.82) is 0 Å². The van der Waals surface area contributed by atoms with Gasteiger partial charge in [-0.25, -0.2) is 4.98 Å². The first-order valence-corrected chi connectivity index (χ1v) is 15.3. The van der Waals surface area contributed by atoms with Crippen LogP contribution in [-0.2, 0) is 26.5 Å². The Bertz CT molecular complexity index is 2270. The number of ether oxygens (including phenoxy) is 1. The summed E-state index contributed by atoms with van der Waals surface area (Å²) in [5.41, 5.74) is 8.18. The molecular weight excluding hydrogens is 762 g/mol. The number of para-hydroxylation sites is 2. The van der Waals surface area contributed by atoms with E-state index in [4.69, 9.17) is 9.39 Å². The van der Waals surface area contributed by atoms with Crippen molar-refractivity contribution in [3.05, 3.63) is 157 Å². The van der Waals surface area contributed by atoms with Crippen LogP contribution in [0.4, 0.5) is 11.5 Å². The van der Waals surface area contributed by atoms with E-state index in [1.54, 1.807) is 6.20 Å². The minimum Gasteiger partial charge on any atom is -0.535 e. The average molecular weight is 790 g/mol. The van der Waals surface area contributed by atoms with Crippen LogP contribution in [0.15, 0.2) is 128 Å². The minimum atomic E-state index is -0.377. The van der Waals surface area contributed by atoms with E-state index in [1.165, 1.54) is 5.56 Å². The minimum absolute atomic E-state index is 0. The molecule has 0 amide bonds. The van der Waals surface area contributed by atoms with Crippen molar-refractivity contribution >= 4 is 35.1 Å². The van der Waals surface area contributed by atoms with Gasteiger partial charge in [-0.05, 0) is 46.4 Å². The van der Waals surface area contributed by atoms with Gasteiger partial charge in [0.25, 0.3) is 6.33 Å². The molecule has 8 heteroatoms. The van der Waals surface area contributed by atoms with Crippen molar-refractivity contribution in [3.63, 3.8) is 0 Å². The maximum absolute atomic E-state index is 6.48. The molecule has 0 saturated heterocycles. The van der Waals surface area contributed by atoms with E-state index < -0.39 is 0 Å². The zero-order chi connectivity index (χ0) is 30.8. The number of benzene rings is 5. The van der Waals surface area contributed by atoms with Crippen molar-refractivity contribution in [2.45, 2.75) is 19.3 Å². The monoisotopic (exact) mass is 789 g/mol. The fourth-order valence-electron chi connectivity index (χ4n) is 6.71. The number of imidazole rings is 1. The van der Waals surface area contributed by atoms with Gasteiger partial charge in [0.2, 0.25) is 0 Å². The number of rotatable bonds is 5. The maximum atomic E-state index is 6.48. The van der Waals surface area contributed by atoms with E-state index in [0.29, 0.717) is 11.5 Å². The summed E-state index contributed by atoms with van der Waals surface area (Å²) in [6, 6.07) is 47.9. The standard InChI is InChI=1S/C39H27BN4O2.Pt/c1-39(2)32-22-21-31(25-35(32)43-26-42(28-14-7-4-8-15-28)34-19-10-18-33(39)37(34)43)45-30-17-9-16-29(24-30)44-38-36(20-11-23-41-38)46-40(44)27-12-5-3-6-13-27;/h3-23H,1-2H3;/q-2;. The summed E-state index contributed by atoms with van der Waals surface area (Å²) in [5.74, 6) is 2.63. The summed E-state index contributed by atoms with van der Waals surface area (Å²) in [6.45, 7) is 4.53. The molecule has 5 aromatic carbocycles. The van der Waals surface area contributed by atoms with E-state index in [0.717, 1.165) is 50.7 Å². The molecule has 0 fully saturated rings. The summed E-state index contributed by atoms with van der Waals surface area (Å²) in [4.78, 5) is 6.71. The zero-order valence-electron chi connectivity index (χ0n) is 25.6. The molecule has 230 valence electrons. The predicted octanol–water partition coefficient (Wildman–Crippen LogP) is 7.06. The van der Waals surface area contributed by atoms with Crippen LogP contribution in [0.25, 0.3) is 22.4 Å². The first kappa shape index (κ1) is 29.3. The van der Waals surface area contributed by atoms with E-state index in [-0.39, 0.29) is 33.5 Å². The first-order chi connectivity index (χ1) is 22.6. The molecule has 2 aliphatic rings. The number of pyridine rings is 1. The van der Waals surface area contributed by atoms with Gasteiger partial charge in [-0.15, -0.1) is 35.9 Å². The molecule has 0 radical (unpaired) electrons. The molecule has 2 aromatic heterocycles. The molecule has 47 heavy (non-hydrogen) atoms. The van der Waals surface area contributed by atoms with Crippen LogP contribution in [-0.4, -0.2) is 16.6 Å². The van der Waals surface area contributed by atoms with Crippen molar-refractivity contribution in [2.75, 3.05) is 4.81 Å². The summed E-state index contributed by atoms with van der Waals surface area (Å²) in [6.07, 6.45) is 5.40. The van der Waals surface area contributed by atoms with Gasteiger partial charge in [-0.1, -0.05) is 86.3 Å². The predicted molar refractivity (Wildman–Crippen MR) is 179 cm³/mol. The molecule has 4 heterocycles. The Morgan fingerprint density at radius 2 is 1.53 bits per heavy atom. The molecule has 7 aromatic rings. The fourth-order valence-corrected chi connectivity index (χ4v) is 6.71. The maximum Gasteiger partial charge on any atom is 0.523 e. The summed E-state index contributed by atoms with van der Waals surface area (Å²) in [7, 11) is -0.377. The summed E-state index contributed by atoms with van der Waals surface area (Å²) in [5, 5.41) is 0. The van der Waals surface area contributed by atoms with Crippen LogP contribution in [0.1, 0.15) is 25.0 Å². The molecular formula is C39H27BN4O2Pt-2. The van der Waals surface area contributed by atoms with E-state index in [9.17, 15) is 0 Å². The number of nitrogens with zero attached hydrogens (tertiary/aromatic N) is 4. The Morgan fingerprint density at radius 1 is 0.766 bits per heavy atom. The van der Waals surface area contributed by atoms with Crippen LogP contribution in [0.5, 0.6) is 17.2 Å². The molecule has 0 spiro atoms. The Balaban J connectivity index is 0.00000324. The number of hydrogen-bond donors (Lipinski definition) is 0. The van der Waals surface area contributed by atoms with Crippen LogP contribution < -0.4 is 24.2 Å². The molecule has 0 aliphatic carbocycles. The number of fused-ring (bicyclic) bond motifs is 3. The van der Waals surface area contributed by atoms with E-state index >= 15 is 0 Å². The molecule has 9 rings (SSSR count). The Kier molecular flexibility index (Phi) is 7.03. The first-order valence-electron chi connectivity index (χ1n) is 15.3. The number of anilines is 2. The fraction of sp³-hybridized carbons (Fsp3) is 0.0769. The van der Waals surface area contributed by atoms with Gasteiger partial charge < -0.3 is 18.8 Å². The average Bonchev–Trinajstić information content (AvgIpc) is 3.68. The molecule has 0 unspecified atom stereocenters. The summed E-state index contributed by atoms with van der Waals surface area (Å²) < 4.78 is 17.1. The Hall–Kier alpha value is -5.13. The van der Waals surface area contributed by atoms with E-state index in [2.05, 4.69) is 112 Å². The van der Waals surface area contributed by atoms with Crippen LogP contribution in [0.2, 0.25) is 0 Å². The van der Waals surface area contributed by atoms with E-state index in [1.807, 2.05) is 60.7 Å². The van der Waals surface area contributed by atoms with Crippen LogP contribution in [0.3, 0.4) is 0 Å². The number of aromatic nitrogens is 3. The molecule has 0 N–H and O–H groups in total. The van der Waals surface area contributed by atoms with Gasteiger partial charge in [0, 0.05) is 38.8 Å². The summed E-state index contributed by atoms with van der Waals surface area (Å²) >= 11 is 0. The van der Waals surface area contributed by atoms with Gasteiger partial charge in [0.15, 0.2) is 5.82 Å². The van der Waals surface area contributed by atoms with Gasteiger partial charge >= 0.3 is 7.05 Å². The van der Waals surface area contributed by atoms with Gasteiger partial charge in [0.05, 0.1) is 16.7 Å². The topological polar surface area (TPSA) is 43.4 Å². The zero-order valence-corrected chi connectivity index (χ0v) is 27.9. The van der Waals surface area contributed by atoms with Crippen LogP contribution in [0, 0.1) is 18.5 Å². The Labute approximate surface area is 288 Å². The Morgan fingerprint density at radius 3 is 2.36 bits per heavy atom. The second kappa shape index (κ2) is 11.3. The molecule has 0 saturated carbocycles. The quantitative estimate of drug-likeness (QED) is 0.107. The third-order valence-corrected chi connectivity index (χ3v) is 8.93. The van der Waals surface area contributed by atoms with Gasteiger partial charge in [0.1, 0.15) is 5.75 Å². The van der Waals surface area contributed by atoms with Crippen molar-refractivity contribution in [1.82, 2.24) is 9.55 Å². The van der Waals surface area contributed by atoms with Gasteiger partial charge in [-0.2, -0.15) is 12.1 Å². The SMILES string of the molecule is CC1(C)c2ccc(Oc3[c-]c(N4B(c5ccccc5)Oc5cccnc54)ccc3)[c-]c2-n2[c-][n+](-c3ccccc3)c3cccc1c32.[Pt]. The van der Waals surface area contributed by atoms with Crippen LogP contribution >= 0.6 is 0 Å². The van der Waals surface area contributed by atoms with Crippen molar-refractivity contribution in [2.24, 2.45) is 0 Å². The molecule has 0 atom stereocenters. The van der Waals surface area contributed by atoms with Crippen molar-refractivity contribution < 1.29 is 35.0 Å².